The number of carbonyl (C=O) groups excluding carboxylic acids is 1. The third-order valence-electron chi connectivity index (χ3n) is 5.77. The van der Waals surface area contributed by atoms with Gasteiger partial charge in [-0.1, -0.05) is 0 Å². The number of ether oxygens (including phenoxy) is 1. The van der Waals surface area contributed by atoms with Crippen molar-refractivity contribution < 1.29 is 9.53 Å². The number of rotatable bonds is 5. The van der Waals surface area contributed by atoms with Crippen LogP contribution in [0.3, 0.4) is 0 Å². The van der Waals surface area contributed by atoms with Crippen LogP contribution in [-0.2, 0) is 4.74 Å². The number of nitrogens with zero attached hydrogens (tertiary/aromatic N) is 7. The van der Waals surface area contributed by atoms with Crippen molar-refractivity contribution in [1.29, 1.82) is 0 Å². The zero-order chi connectivity index (χ0) is 23.9. The van der Waals surface area contributed by atoms with Crippen LogP contribution in [0, 0.1) is 0 Å². The molecule has 3 N–H and O–H groups in total. The molecule has 2 amide bonds. The molecule has 5 rings (SSSR count). The molecular formula is C23H28N10O2. The minimum absolute atomic E-state index is 0.363. The van der Waals surface area contributed by atoms with Gasteiger partial charge in [0.2, 0.25) is 11.9 Å². The fourth-order valence-electron chi connectivity index (χ4n) is 3.94. The number of morpholine rings is 1. The Morgan fingerprint density at radius 2 is 1.57 bits per heavy atom. The van der Waals surface area contributed by atoms with Crippen LogP contribution in [0.25, 0.3) is 11.4 Å². The maximum atomic E-state index is 12.3. The van der Waals surface area contributed by atoms with E-state index in [0.717, 1.165) is 51.3 Å². The van der Waals surface area contributed by atoms with Crippen molar-refractivity contribution in [2.45, 2.75) is 6.42 Å². The molecule has 2 aliphatic rings. The lowest BCUT2D eigenvalue weighted by atomic mass is 10.2. The molecule has 182 valence electrons. The van der Waals surface area contributed by atoms with E-state index >= 15 is 0 Å². The number of benzene rings is 1. The fraction of sp³-hybridized carbons (Fsp3) is 0.391. The van der Waals surface area contributed by atoms with E-state index in [4.69, 9.17) is 19.7 Å². The fourth-order valence-corrected chi connectivity index (χ4v) is 3.94. The summed E-state index contributed by atoms with van der Waals surface area (Å²) >= 11 is 0. The molecule has 2 fully saturated rings. The van der Waals surface area contributed by atoms with Crippen molar-refractivity contribution in [3.63, 3.8) is 0 Å². The summed E-state index contributed by atoms with van der Waals surface area (Å²) in [6.45, 7) is 6.42. The zero-order valence-electron chi connectivity index (χ0n) is 19.4. The van der Waals surface area contributed by atoms with Gasteiger partial charge in [-0.05, 0) is 43.3 Å². The molecule has 0 bridgehead atoms. The van der Waals surface area contributed by atoms with Crippen LogP contribution in [0.1, 0.15) is 6.42 Å². The van der Waals surface area contributed by atoms with Gasteiger partial charge in [0.15, 0.2) is 5.82 Å². The standard InChI is InChI=1S/C23H28N10O2/c34-23(28-19-6-8-25-26-16-19)27-18-4-2-17(3-5-18)20-29-21(32-10-1-7-24-9-11-32)31-22(30-20)33-12-14-35-15-13-33/h2-6,8,16,24H,1,7,9-15H2,(H2,25,27,28,34). The second-order valence-electron chi connectivity index (χ2n) is 8.24. The SMILES string of the molecule is O=C(Nc1ccc(-c2nc(N3CCCNCC3)nc(N3CCOCC3)n2)cc1)Nc1ccnnc1. The monoisotopic (exact) mass is 476 g/mol. The highest BCUT2D eigenvalue weighted by molar-refractivity contribution is 5.99. The number of carbonyl (C=O) groups is 1. The van der Waals surface area contributed by atoms with Crippen molar-refractivity contribution in [3.05, 3.63) is 42.7 Å². The van der Waals surface area contributed by atoms with Gasteiger partial charge in [0, 0.05) is 44.0 Å². The molecule has 0 spiro atoms. The Morgan fingerprint density at radius 3 is 2.31 bits per heavy atom. The Bertz CT molecular complexity index is 1110. The molecular weight excluding hydrogens is 448 g/mol. The number of nitrogens with one attached hydrogen (secondary N) is 3. The van der Waals surface area contributed by atoms with Crippen molar-refractivity contribution >= 4 is 29.3 Å². The second-order valence-corrected chi connectivity index (χ2v) is 8.24. The quantitative estimate of drug-likeness (QED) is 0.499. The third-order valence-corrected chi connectivity index (χ3v) is 5.77. The molecule has 2 aromatic heterocycles. The van der Waals surface area contributed by atoms with Crippen LogP contribution < -0.4 is 25.8 Å². The first-order valence-corrected chi connectivity index (χ1v) is 11.7. The molecule has 0 atom stereocenters. The number of hydrogen-bond donors (Lipinski definition) is 3. The van der Waals surface area contributed by atoms with Gasteiger partial charge in [-0.2, -0.15) is 25.1 Å². The Labute approximate surface area is 203 Å². The van der Waals surface area contributed by atoms with Crippen molar-refractivity contribution in [2.75, 3.05) is 72.9 Å². The van der Waals surface area contributed by atoms with E-state index in [1.807, 2.05) is 24.3 Å². The van der Waals surface area contributed by atoms with Crippen molar-refractivity contribution in [3.8, 4) is 11.4 Å². The van der Waals surface area contributed by atoms with Crippen LogP contribution in [0.5, 0.6) is 0 Å². The largest absolute Gasteiger partial charge is 0.378 e. The van der Waals surface area contributed by atoms with Gasteiger partial charge in [-0.25, -0.2) is 4.79 Å². The van der Waals surface area contributed by atoms with E-state index in [0.29, 0.717) is 42.3 Å². The number of aromatic nitrogens is 5. The molecule has 3 aromatic rings. The van der Waals surface area contributed by atoms with E-state index < -0.39 is 0 Å². The smallest absolute Gasteiger partial charge is 0.323 e. The molecule has 0 radical (unpaired) electrons. The van der Waals surface area contributed by atoms with Crippen LogP contribution in [0.2, 0.25) is 0 Å². The molecule has 35 heavy (non-hydrogen) atoms. The number of hydrogen-bond acceptors (Lipinski definition) is 10. The average molecular weight is 477 g/mol. The maximum absolute atomic E-state index is 12.3. The van der Waals surface area contributed by atoms with Gasteiger partial charge in [-0.15, -0.1) is 0 Å². The predicted molar refractivity (Wildman–Crippen MR) is 133 cm³/mol. The minimum Gasteiger partial charge on any atom is -0.378 e. The lowest BCUT2D eigenvalue weighted by Gasteiger charge is -2.28. The van der Waals surface area contributed by atoms with Crippen LogP contribution in [0.4, 0.5) is 28.1 Å². The van der Waals surface area contributed by atoms with Gasteiger partial charge in [0.25, 0.3) is 0 Å². The highest BCUT2D eigenvalue weighted by atomic mass is 16.5. The van der Waals surface area contributed by atoms with Crippen molar-refractivity contribution in [2.24, 2.45) is 0 Å². The number of anilines is 4. The van der Waals surface area contributed by atoms with Gasteiger partial charge >= 0.3 is 6.03 Å². The Kier molecular flexibility index (Phi) is 7.20. The summed E-state index contributed by atoms with van der Waals surface area (Å²) in [4.78, 5) is 31.0. The summed E-state index contributed by atoms with van der Waals surface area (Å²) in [5, 5.41) is 16.4. The highest BCUT2D eigenvalue weighted by Gasteiger charge is 2.20. The maximum Gasteiger partial charge on any atom is 0.323 e. The Hall–Kier alpha value is -3.90. The molecule has 12 nitrogen and oxygen atoms in total. The van der Waals surface area contributed by atoms with E-state index in [9.17, 15) is 4.79 Å². The van der Waals surface area contributed by atoms with Crippen molar-refractivity contribution in [1.82, 2.24) is 30.5 Å². The summed E-state index contributed by atoms with van der Waals surface area (Å²) in [5.41, 5.74) is 2.06. The normalized spacial score (nSPS) is 16.5. The molecule has 2 saturated heterocycles. The summed E-state index contributed by atoms with van der Waals surface area (Å²) in [5.74, 6) is 1.96. The Morgan fingerprint density at radius 1 is 0.829 bits per heavy atom. The summed E-state index contributed by atoms with van der Waals surface area (Å²) < 4.78 is 5.50. The second kappa shape index (κ2) is 11.0. The van der Waals surface area contributed by atoms with E-state index in [2.05, 4.69) is 35.9 Å². The van der Waals surface area contributed by atoms with Gasteiger partial charge in [0.05, 0.1) is 31.3 Å². The van der Waals surface area contributed by atoms with E-state index in [-0.39, 0.29) is 6.03 Å². The highest BCUT2D eigenvalue weighted by Crippen LogP contribution is 2.24. The lowest BCUT2D eigenvalue weighted by Crippen LogP contribution is -2.38. The van der Waals surface area contributed by atoms with Crippen LogP contribution in [0.15, 0.2) is 42.7 Å². The zero-order valence-corrected chi connectivity index (χ0v) is 19.4. The van der Waals surface area contributed by atoms with Gasteiger partial charge in [-0.3, -0.25) is 0 Å². The summed E-state index contributed by atoms with van der Waals surface area (Å²) in [6, 6.07) is 8.75. The van der Waals surface area contributed by atoms with E-state index in [1.54, 1.807) is 6.07 Å². The number of amides is 2. The molecule has 0 aliphatic carbocycles. The molecule has 12 heteroatoms. The van der Waals surface area contributed by atoms with Crippen LogP contribution >= 0.6 is 0 Å². The number of urea groups is 1. The first-order chi connectivity index (χ1) is 17.2. The average Bonchev–Trinajstić information content (AvgIpc) is 3.20. The molecule has 4 heterocycles. The third kappa shape index (κ3) is 5.97. The van der Waals surface area contributed by atoms with Gasteiger partial charge in [0.1, 0.15) is 0 Å². The molecule has 1 aromatic carbocycles. The minimum atomic E-state index is -0.363. The summed E-state index contributed by atoms with van der Waals surface area (Å²) in [6.07, 6.45) is 4.03. The first-order valence-electron chi connectivity index (χ1n) is 11.7. The molecule has 2 aliphatic heterocycles. The summed E-state index contributed by atoms with van der Waals surface area (Å²) in [7, 11) is 0. The van der Waals surface area contributed by atoms with Gasteiger partial charge < -0.3 is 30.5 Å². The predicted octanol–water partition coefficient (Wildman–Crippen LogP) is 1.61. The Balaban J connectivity index is 1.36. The lowest BCUT2D eigenvalue weighted by molar-refractivity contribution is 0.122. The molecule has 0 unspecified atom stereocenters. The topological polar surface area (TPSA) is 133 Å². The molecule has 0 saturated carbocycles. The first kappa shape index (κ1) is 22.9. The van der Waals surface area contributed by atoms with Crippen LogP contribution in [-0.4, -0.2) is 83.7 Å². The van der Waals surface area contributed by atoms with E-state index in [1.165, 1.54) is 12.4 Å².